The molecule has 2 aromatic heterocycles. The Kier molecular flexibility index (Phi) is 3.91. The Morgan fingerprint density at radius 2 is 2.09 bits per heavy atom. The van der Waals surface area contributed by atoms with Crippen molar-refractivity contribution in [3.8, 4) is 5.75 Å². The van der Waals surface area contributed by atoms with Gasteiger partial charge in [0, 0.05) is 12.6 Å². The summed E-state index contributed by atoms with van der Waals surface area (Å²) in [5.74, 6) is 1.66. The van der Waals surface area contributed by atoms with Crippen molar-refractivity contribution in [1.82, 2.24) is 19.7 Å². The van der Waals surface area contributed by atoms with E-state index in [2.05, 4.69) is 33.4 Å². The minimum Gasteiger partial charge on any atom is -0.496 e. The van der Waals surface area contributed by atoms with Gasteiger partial charge in [-0.15, -0.1) is 0 Å². The van der Waals surface area contributed by atoms with Crippen molar-refractivity contribution in [1.29, 1.82) is 0 Å². The van der Waals surface area contributed by atoms with Gasteiger partial charge in [-0.05, 0) is 12.5 Å². The molecule has 1 N–H and O–H groups in total. The molecule has 0 saturated heterocycles. The molecule has 1 unspecified atom stereocenters. The Hall–Kier alpha value is -2.63. The summed E-state index contributed by atoms with van der Waals surface area (Å²) in [5, 5.41) is 8.65. The van der Waals surface area contributed by atoms with Crippen LogP contribution in [0.4, 0.5) is 5.82 Å². The van der Waals surface area contributed by atoms with Crippen molar-refractivity contribution >= 4 is 16.9 Å². The zero-order valence-corrected chi connectivity index (χ0v) is 12.9. The molecule has 6 nitrogen and oxygen atoms in total. The highest BCUT2D eigenvalue weighted by Crippen LogP contribution is 2.31. The molecule has 6 heteroatoms. The number of rotatable bonds is 5. The number of anilines is 1. The van der Waals surface area contributed by atoms with Gasteiger partial charge < -0.3 is 10.1 Å². The molecule has 2 heterocycles. The highest BCUT2D eigenvalue weighted by molar-refractivity contribution is 5.86. The minimum absolute atomic E-state index is 0.106. The normalized spacial score (nSPS) is 12.3. The summed E-state index contributed by atoms with van der Waals surface area (Å²) in [4.78, 5) is 8.64. The largest absolute Gasteiger partial charge is 0.496 e. The molecule has 0 aliphatic carbocycles. The van der Waals surface area contributed by atoms with Gasteiger partial charge in [-0.25, -0.2) is 9.97 Å². The molecule has 0 spiro atoms. The maximum Gasteiger partial charge on any atom is 0.163 e. The number of hydrogen-bond donors (Lipinski definition) is 1. The summed E-state index contributed by atoms with van der Waals surface area (Å²) >= 11 is 0. The predicted octanol–water partition coefficient (Wildman–Crippen LogP) is 2.94. The minimum atomic E-state index is 0.106. The number of para-hydroxylation sites is 1. The molecule has 0 bridgehead atoms. The van der Waals surface area contributed by atoms with Crippen LogP contribution < -0.4 is 10.1 Å². The second-order valence-electron chi connectivity index (χ2n) is 5.07. The first-order chi connectivity index (χ1) is 10.7. The van der Waals surface area contributed by atoms with Crippen LogP contribution in [0, 0.1) is 0 Å². The van der Waals surface area contributed by atoms with Gasteiger partial charge in [-0.2, -0.15) is 5.10 Å². The lowest BCUT2D eigenvalue weighted by Crippen LogP contribution is -2.12. The van der Waals surface area contributed by atoms with Crippen LogP contribution in [-0.2, 0) is 7.05 Å². The van der Waals surface area contributed by atoms with Crippen LogP contribution in [0.5, 0.6) is 5.75 Å². The Labute approximate surface area is 129 Å². The van der Waals surface area contributed by atoms with Crippen molar-refractivity contribution in [2.45, 2.75) is 19.4 Å². The highest BCUT2D eigenvalue weighted by Gasteiger charge is 2.16. The molecule has 3 rings (SSSR count). The quantitative estimate of drug-likeness (QED) is 0.784. The van der Waals surface area contributed by atoms with E-state index in [1.807, 2.05) is 25.2 Å². The molecule has 0 aliphatic rings. The van der Waals surface area contributed by atoms with Gasteiger partial charge in [0.15, 0.2) is 5.65 Å². The molecule has 0 aliphatic heterocycles. The Bertz CT molecular complexity index is 783. The third-order valence-electron chi connectivity index (χ3n) is 3.76. The summed E-state index contributed by atoms with van der Waals surface area (Å²) in [6, 6.07) is 8.14. The number of benzene rings is 1. The lowest BCUT2D eigenvalue weighted by atomic mass is 10.0. The fraction of sp³-hybridized carbons (Fsp3) is 0.312. The van der Waals surface area contributed by atoms with Gasteiger partial charge in [0.2, 0.25) is 0 Å². The zero-order chi connectivity index (χ0) is 15.5. The standard InChI is InChI=1S/C16H19N5O/c1-4-13(11-7-5-6-8-14(11)22-3)20-15-12-9-19-21(2)16(12)18-10-17-15/h5-10,13H,4H2,1-3H3,(H,17,18,20). The molecule has 3 aromatic rings. The van der Waals surface area contributed by atoms with Gasteiger partial charge in [-0.1, -0.05) is 25.1 Å². The fourth-order valence-electron chi connectivity index (χ4n) is 2.60. The summed E-state index contributed by atoms with van der Waals surface area (Å²) in [7, 11) is 3.56. The molecule has 0 radical (unpaired) electrons. The molecular weight excluding hydrogens is 278 g/mol. The van der Waals surface area contributed by atoms with Gasteiger partial charge in [0.05, 0.1) is 24.7 Å². The molecular formula is C16H19N5O. The predicted molar refractivity (Wildman–Crippen MR) is 86.0 cm³/mol. The van der Waals surface area contributed by atoms with Crippen LogP contribution in [0.2, 0.25) is 0 Å². The van der Waals surface area contributed by atoms with E-state index in [9.17, 15) is 0 Å². The van der Waals surface area contributed by atoms with Crippen LogP contribution in [0.25, 0.3) is 11.0 Å². The van der Waals surface area contributed by atoms with E-state index in [0.717, 1.165) is 34.6 Å². The van der Waals surface area contributed by atoms with Crippen molar-refractivity contribution in [3.63, 3.8) is 0 Å². The first-order valence-corrected chi connectivity index (χ1v) is 7.26. The average Bonchev–Trinajstić information content (AvgIpc) is 2.95. The van der Waals surface area contributed by atoms with E-state index in [0.29, 0.717) is 0 Å². The lowest BCUT2D eigenvalue weighted by molar-refractivity contribution is 0.406. The van der Waals surface area contributed by atoms with E-state index in [1.165, 1.54) is 0 Å². The summed E-state index contributed by atoms with van der Waals surface area (Å²) in [6.07, 6.45) is 4.25. The number of nitrogens with one attached hydrogen (secondary N) is 1. The molecule has 1 aromatic carbocycles. The van der Waals surface area contributed by atoms with Crippen molar-refractivity contribution in [2.75, 3.05) is 12.4 Å². The third-order valence-corrected chi connectivity index (χ3v) is 3.76. The number of aryl methyl sites for hydroxylation is 1. The van der Waals surface area contributed by atoms with Crippen LogP contribution in [0.15, 0.2) is 36.8 Å². The number of methoxy groups -OCH3 is 1. The van der Waals surface area contributed by atoms with E-state index >= 15 is 0 Å². The van der Waals surface area contributed by atoms with Crippen molar-refractivity contribution < 1.29 is 4.74 Å². The van der Waals surface area contributed by atoms with Gasteiger partial charge in [0.25, 0.3) is 0 Å². The molecule has 1 atom stereocenters. The van der Waals surface area contributed by atoms with Crippen LogP contribution in [0.1, 0.15) is 24.9 Å². The molecule has 114 valence electrons. The maximum atomic E-state index is 5.47. The summed E-state index contributed by atoms with van der Waals surface area (Å²) < 4.78 is 7.21. The Balaban J connectivity index is 1.98. The van der Waals surface area contributed by atoms with Crippen molar-refractivity contribution in [2.24, 2.45) is 7.05 Å². The van der Waals surface area contributed by atoms with Gasteiger partial charge in [0.1, 0.15) is 17.9 Å². The molecule has 0 fully saturated rings. The number of fused-ring (bicyclic) bond motifs is 1. The zero-order valence-electron chi connectivity index (χ0n) is 12.9. The molecule has 0 saturated carbocycles. The number of aromatic nitrogens is 4. The van der Waals surface area contributed by atoms with E-state index in [4.69, 9.17) is 4.74 Å². The second-order valence-corrected chi connectivity index (χ2v) is 5.07. The van der Waals surface area contributed by atoms with Gasteiger partial charge >= 0.3 is 0 Å². The van der Waals surface area contributed by atoms with E-state index in [-0.39, 0.29) is 6.04 Å². The van der Waals surface area contributed by atoms with Crippen LogP contribution >= 0.6 is 0 Å². The summed E-state index contributed by atoms with van der Waals surface area (Å²) in [6.45, 7) is 2.13. The number of nitrogens with zero attached hydrogens (tertiary/aromatic N) is 4. The topological polar surface area (TPSA) is 64.9 Å². The Morgan fingerprint density at radius 3 is 2.86 bits per heavy atom. The first kappa shape index (κ1) is 14.3. The van der Waals surface area contributed by atoms with E-state index < -0.39 is 0 Å². The lowest BCUT2D eigenvalue weighted by Gasteiger charge is -2.20. The van der Waals surface area contributed by atoms with Crippen LogP contribution in [-0.4, -0.2) is 26.9 Å². The van der Waals surface area contributed by atoms with Crippen molar-refractivity contribution in [3.05, 3.63) is 42.4 Å². The SMILES string of the molecule is CCC(Nc1ncnc2c1cnn2C)c1ccccc1OC. The maximum absolute atomic E-state index is 5.47. The number of hydrogen-bond acceptors (Lipinski definition) is 5. The fourth-order valence-corrected chi connectivity index (χ4v) is 2.60. The molecule has 0 amide bonds. The van der Waals surface area contributed by atoms with Gasteiger partial charge in [-0.3, -0.25) is 4.68 Å². The monoisotopic (exact) mass is 297 g/mol. The highest BCUT2D eigenvalue weighted by atomic mass is 16.5. The van der Waals surface area contributed by atoms with E-state index in [1.54, 1.807) is 24.3 Å². The third kappa shape index (κ3) is 2.47. The van der Waals surface area contributed by atoms with Crippen LogP contribution in [0.3, 0.4) is 0 Å². The first-order valence-electron chi connectivity index (χ1n) is 7.26. The Morgan fingerprint density at radius 1 is 1.27 bits per heavy atom. The average molecular weight is 297 g/mol. The summed E-state index contributed by atoms with van der Waals surface area (Å²) in [5.41, 5.74) is 1.93. The smallest absolute Gasteiger partial charge is 0.163 e. The molecule has 22 heavy (non-hydrogen) atoms. The number of ether oxygens (including phenoxy) is 1. The second kappa shape index (κ2) is 6.01.